The minimum Gasteiger partial charge on any atom is -0.409 e. The van der Waals surface area contributed by atoms with Crippen molar-refractivity contribution in [2.24, 2.45) is 10.9 Å². The molecule has 0 aliphatic carbocycles. The first kappa shape index (κ1) is 13.5. The second kappa shape index (κ2) is 5.83. The van der Waals surface area contributed by atoms with E-state index in [1.165, 1.54) is 0 Å². The molecule has 1 aliphatic heterocycles. The molecule has 1 atom stereocenters. The Morgan fingerprint density at radius 1 is 1.58 bits per heavy atom. The van der Waals surface area contributed by atoms with Crippen LogP contribution < -0.4 is 10.6 Å². The SMILES string of the molecule is Cc1cc(/C(N)=N/O)nc(N2CCCOC(C)C2)n1. The van der Waals surface area contributed by atoms with Gasteiger partial charge in [-0.15, -0.1) is 0 Å². The van der Waals surface area contributed by atoms with Gasteiger partial charge < -0.3 is 20.6 Å². The topological polar surface area (TPSA) is 96.9 Å². The molecule has 7 nitrogen and oxygen atoms in total. The Morgan fingerprint density at radius 2 is 2.37 bits per heavy atom. The Balaban J connectivity index is 2.30. The molecule has 1 aromatic heterocycles. The third-order valence-corrected chi connectivity index (χ3v) is 2.95. The summed E-state index contributed by atoms with van der Waals surface area (Å²) in [5.41, 5.74) is 6.80. The maximum absolute atomic E-state index is 8.74. The monoisotopic (exact) mass is 265 g/mol. The summed E-state index contributed by atoms with van der Waals surface area (Å²) in [6, 6.07) is 1.69. The molecule has 1 fully saturated rings. The van der Waals surface area contributed by atoms with Gasteiger partial charge in [-0.05, 0) is 26.3 Å². The van der Waals surface area contributed by atoms with Crippen LogP contribution in [0, 0.1) is 6.92 Å². The van der Waals surface area contributed by atoms with Gasteiger partial charge in [0.2, 0.25) is 5.95 Å². The van der Waals surface area contributed by atoms with Gasteiger partial charge in [0.25, 0.3) is 0 Å². The number of nitrogens with zero attached hydrogens (tertiary/aromatic N) is 4. The number of ether oxygens (including phenoxy) is 1. The van der Waals surface area contributed by atoms with Crippen molar-refractivity contribution in [3.05, 3.63) is 17.5 Å². The number of hydrogen-bond acceptors (Lipinski definition) is 6. The lowest BCUT2D eigenvalue weighted by Crippen LogP contribution is -2.32. The van der Waals surface area contributed by atoms with Crippen molar-refractivity contribution >= 4 is 11.8 Å². The van der Waals surface area contributed by atoms with E-state index in [0.29, 0.717) is 11.6 Å². The van der Waals surface area contributed by atoms with Gasteiger partial charge in [-0.1, -0.05) is 5.16 Å². The predicted molar refractivity (Wildman–Crippen MR) is 71.5 cm³/mol. The fraction of sp³-hybridized carbons (Fsp3) is 0.583. The average molecular weight is 265 g/mol. The number of rotatable bonds is 2. The van der Waals surface area contributed by atoms with Gasteiger partial charge in [-0.25, -0.2) is 9.97 Å². The highest BCUT2D eigenvalue weighted by atomic mass is 16.5. The van der Waals surface area contributed by atoms with Gasteiger partial charge in [0, 0.05) is 25.4 Å². The van der Waals surface area contributed by atoms with Crippen molar-refractivity contribution in [1.82, 2.24) is 9.97 Å². The lowest BCUT2D eigenvalue weighted by molar-refractivity contribution is 0.0820. The smallest absolute Gasteiger partial charge is 0.226 e. The van der Waals surface area contributed by atoms with Crippen molar-refractivity contribution in [1.29, 1.82) is 0 Å². The van der Waals surface area contributed by atoms with Crippen molar-refractivity contribution in [2.75, 3.05) is 24.6 Å². The van der Waals surface area contributed by atoms with Crippen LogP contribution in [0.4, 0.5) is 5.95 Å². The highest BCUT2D eigenvalue weighted by molar-refractivity contribution is 5.95. The summed E-state index contributed by atoms with van der Waals surface area (Å²) >= 11 is 0. The minimum absolute atomic E-state index is 0.00845. The minimum atomic E-state index is -0.00845. The van der Waals surface area contributed by atoms with Crippen LogP contribution in [0.1, 0.15) is 24.7 Å². The van der Waals surface area contributed by atoms with Gasteiger partial charge in [0.15, 0.2) is 5.84 Å². The van der Waals surface area contributed by atoms with Crippen LogP contribution in [-0.4, -0.2) is 46.8 Å². The zero-order valence-corrected chi connectivity index (χ0v) is 11.2. The van der Waals surface area contributed by atoms with Crippen molar-refractivity contribution in [2.45, 2.75) is 26.4 Å². The molecular formula is C12H19N5O2. The normalized spacial score (nSPS) is 21.3. The van der Waals surface area contributed by atoms with Crippen LogP contribution in [0.5, 0.6) is 0 Å². The van der Waals surface area contributed by atoms with Crippen molar-refractivity contribution in [3.63, 3.8) is 0 Å². The fourth-order valence-corrected chi connectivity index (χ4v) is 2.05. The molecule has 104 valence electrons. The first-order chi connectivity index (χ1) is 9.10. The van der Waals surface area contributed by atoms with E-state index in [0.717, 1.165) is 31.8 Å². The molecule has 3 N–H and O–H groups in total. The highest BCUT2D eigenvalue weighted by Gasteiger charge is 2.18. The van der Waals surface area contributed by atoms with Crippen molar-refractivity contribution < 1.29 is 9.94 Å². The van der Waals surface area contributed by atoms with Gasteiger partial charge in [0.05, 0.1) is 6.10 Å². The molecule has 0 radical (unpaired) electrons. The van der Waals surface area contributed by atoms with Gasteiger partial charge in [-0.3, -0.25) is 0 Å². The Morgan fingerprint density at radius 3 is 3.11 bits per heavy atom. The van der Waals surface area contributed by atoms with Gasteiger partial charge >= 0.3 is 0 Å². The summed E-state index contributed by atoms with van der Waals surface area (Å²) in [6.07, 6.45) is 1.07. The van der Waals surface area contributed by atoms with Crippen molar-refractivity contribution in [3.8, 4) is 0 Å². The number of aryl methyl sites for hydroxylation is 1. The van der Waals surface area contributed by atoms with E-state index in [1.807, 2.05) is 13.8 Å². The molecular weight excluding hydrogens is 246 g/mol. The number of oxime groups is 1. The molecule has 2 heterocycles. The van der Waals surface area contributed by atoms with E-state index in [1.54, 1.807) is 6.07 Å². The van der Waals surface area contributed by atoms with Crippen LogP contribution in [-0.2, 0) is 4.74 Å². The predicted octanol–water partition coefficient (Wildman–Crippen LogP) is 0.495. The standard InChI is InChI=1S/C12H19N5O2/c1-8-6-10(11(13)16-18)15-12(14-8)17-4-3-5-19-9(2)7-17/h6,9,18H,3-5,7H2,1-2H3,(H2,13,16). The number of nitrogens with two attached hydrogens (primary N) is 1. The van der Waals surface area contributed by atoms with Gasteiger partial charge in [0.1, 0.15) is 5.69 Å². The summed E-state index contributed by atoms with van der Waals surface area (Å²) in [4.78, 5) is 10.8. The average Bonchev–Trinajstić information content (AvgIpc) is 2.61. The summed E-state index contributed by atoms with van der Waals surface area (Å²) < 4.78 is 5.60. The first-order valence-corrected chi connectivity index (χ1v) is 6.30. The Labute approximate surface area is 112 Å². The second-order valence-electron chi connectivity index (χ2n) is 4.66. The quantitative estimate of drug-likeness (QED) is 0.350. The number of hydrogen-bond donors (Lipinski definition) is 2. The summed E-state index contributed by atoms with van der Waals surface area (Å²) in [7, 11) is 0. The fourth-order valence-electron chi connectivity index (χ4n) is 2.05. The number of amidine groups is 1. The molecule has 0 bridgehead atoms. The second-order valence-corrected chi connectivity index (χ2v) is 4.66. The zero-order valence-electron chi connectivity index (χ0n) is 11.2. The van der Waals surface area contributed by atoms with E-state index < -0.39 is 0 Å². The maximum Gasteiger partial charge on any atom is 0.226 e. The summed E-state index contributed by atoms with van der Waals surface area (Å²) in [5, 5.41) is 11.7. The van der Waals surface area contributed by atoms with E-state index in [-0.39, 0.29) is 11.9 Å². The molecule has 2 rings (SSSR count). The zero-order chi connectivity index (χ0) is 13.8. The maximum atomic E-state index is 8.74. The van der Waals surface area contributed by atoms with E-state index >= 15 is 0 Å². The molecule has 19 heavy (non-hydrogen) atoms. The third kappa shape index (κ3) is 3.31. The molecule has 1 unspecified atom stereocenters. The van der Waals surface area contributed by atoms with Crippen LogP contribution in [0.15, 0.2) is 11.2 Å². The Bertz CT molecular complexity index is 477. The molecule has 1 aliphatic rings. The molecule has 0 saturated carbocycles. The van der Waals surface area contributed by atoms with E-state index in [4.69, 9.17) is 15.7 Å². The summed E-state index contributed by atoms with van der Waals surface area (Å²) in [5.74, 6) is 0.588. The van der Waals surface area contributed by atoms with Crippen LogP contribution in [0.2, 0.25) is 0 Å². The Kier molecular flexibility index (Phi) is 4.16. The molecule has 1 aromatic rings. The first-order valence-electron chi connectivity index (χ1n) is 6.30. The van der Waals surface area contributed by atoms with Crippen LogP contribution in [0.3, 0.4) is 0 Å². The summed E-state index contributed by atoms with van der Waals surface area (Å²) in [6.45, 7) is 6.20. The largest absolute Gasteiger partial charge is 0.409 e. The lowest BCUT2D eigenvalue weighted by atomic mass is 10.3. The molecule has 0 amide bonds. The lowest BCUT2D eigenvalue weighted by Gasteiger charge is -2.22. The molecule has 1 saturated heterocycles. The molecule has 7 heteroatoms. The van der Waals surface area contributed by atoms with E-state index in [9.17, 15) is 0 Å². The molecule has 0 aromatic carbocycles. The third-order valence-electron chi connectivity index (χ3n) is 2.95. The highest BCUT2D eigenvalue weighted by Crippen LogP contribution is 2.14. The van der Waals surface area contributed by atoms with Crippen LogP contribution in [0.25, 0.3) is 0 Å². The number of aromatic nitrogens is 2. The van der Waals surface area contributed by atoms with Gasteiger partial charge in [-0.2, -0.15) is 0 Å². The number of anilines is 1. The van der Waals surface area contributed by atoms with E-state index in [2.05, 4.69) is 20.0 Å². The van der Waals surface area contributed by atoms with Crippen LogP contribution >= 0.6 is 0 Å². The molecule has 0 spiro atoms. The Hall–Kier alpha value is -1.89.